The van der Waals surface area contributed by atoms with E-state index in [9.17, 15) is 4.79 Å². The summed E-state index contributed by atoms with van der Waals surface area (Å²) in [6, 6.07) is -0.289. The van der Waals surface area contributed by atoms with Gasteiger partial charge < -0.3 is 15.4 Å². The van der Waals surface area contributed by atoms with Gasteiger partial charge in [0.1, 0.15) is 6.04 Å². The molecule has 0 aliphatic carbocycles. The number of carbonyl (C=O) groups excluding carboxylic acids is 1. The molecule has 2 atom stereocenters. The SMILES string of the molecule is CCNC([C]=O)C1CNCCO1. The van der Waals surface area contributed by atoms with Crippen molar-refractivity contribution in [3.05, 3.63) is 0 Å². The molecule has 12 heavy (non-hydrogen) atoms. The number of ether oxygens (including phenoxy) is 1. The van der Waals surface area contributed by atoms with E-state index < -0.39 is 0 Å². The Hall–Kier alpha value is -0.450. The van der Waals surface area contributed by atoms with Crippen molar-refractivity contribution in [2.45, 2.75) is 19.1 Å². The third-order valence-corrected chi connectivity index (χ3v) is 1.88. The molecule has 0 aromatic heterocycles. The van der Waals surface area contributed by atoms with E-state index in [0.29, 0.717) is 6.61 Å². The molecule has 0 bridgehead atoms. The number of hydrogen-bond donors (Lipinski definition) is 2. The Morgan fingerprint density at radius 1 is 1.83 bits per heavy atom. The lowest BCUT2D eigenvalue weighted by atomic mass is 10.1. The summed E-state index contributed by atoms with van der Waals surface area (Å²) in [5.41, 5.74) is 0. The average molecular weight is 171 g/mol. The summed E-state index contributed by atoms with van der Waals surface area (Å²) < 4.78 is 5.40. The summed E-state index contributed by atoms with van der Waals surface area (Å²) in [4.78, 5) is 10.5. The van der Waals surface area contributed by atoms with Crippen LogP contribution in [0.5, 0.6) is 0 Å². The van der Waals surface area contributed by atoms with Gasteiger partial charge in [-0.05, 0) is 6.54 Å². The Bertz CT molecular complexity index is 135. The van der Waals surface area contributed by atoms with Crippen LogP contribution in [-0.2, 0) is 9.53 Å². The average Bonchev–Trinajstić information content (AvgIpc) is 2.15. The number of likely N-dealkylation sites (N-methyl/N-ethyl adjacent to an activating group) is 1. The lowest BCUT2D eigenvalue weighted by Gasteiger charge is -2.27. The molecule has 4 nitrogen and oxygen atoms in total. The number of hydrogen-bond acceptors (Lipinski definition) is 4. The fourth-order valence-electron chi connectivity index (χ4n) is 1.27. The van der Waals surface area contributed by atoms with Crippen LogP contribution in [0.3, 0.4) is 0 Å². The molecule has 69 valence electrons. The molecule has 1 fully saturated rings. The van der Waals surface area contributed by atoms with Crippen molar-refractivity contribution in [3.63, 3.8) is 0 Å². The normalized spacial score (nSPS) is 26.6. The van der Waals surface area contributed by atoms with Crippen molar-refractivity contribution in [2.75, 3.05) is 26.2 Å². The second-order valence-electron chi connectivity index (χ2n) is 2.77. The van der Waals surface area contributed by atoms with Crippen LogP contribution in [0.2, 0.25) is 0 Å². The van der Waals surface area contributed by atoms with E-state index in [1.807, 2.05) is 13.2 Å². The van der Waals surface area contributed by atoms with Crippen LogP contribution in [0.1, 0.15) is 6.92 Å². The fraction of sp³-hybridized carbons (Fsp3) is 0.875. The van der Waals surface area contributed by atoms with E-state index in [1.54, 1.807) is 0 Å². The largest absolute Gasteiger partial charge is 0.373 e. The Morgan fingerprint density at radius 3 is 3.17 bits per heavy atom. The molecule has 0 aromatic carbocycles. The maximum absolute atomic E-state index is 10.5. The minimum atomic E-state index is -0.289. The van der Waals surface area contributed by atoms with E-state index in [-0.39, 0.29) is 12.1 Å². The molecule has 4 heteroatoms. The number of morpholine rings is 1. The predicted molar refractivity (Wildman–Crippen MR) is 45.8 cm³/mol. The van der Waals surface area contributed by atoms with E-state index >= 15 is 0 Å². The third-order valence-electron chi connectivity index (χ3n) is 1.88. The molecule has 1 saturated heterocycles. The fourth-order valence-corrected chi connectivity index (χ4v) is 1.27. The zero-order valence-electron chi connectivity index (χ0n) is 7.30. The third kappa shape index (κ3) is 2.55. The topological polar surface area (TPSA) is 50.4 Å². The van der Waals surface area contributed by atoms with Crippen LogP contribution in [-0.4, -0.2) is 44.7 Å². The molecule has 1 aliphatic rings. The number of rotatable bonds is 4. The molecule has 1 radical (unpaired) electrons. The van der Waals surface area contributed by atoms with E-state index in [4.69, 9.17) is 4.74 Å². The number of nitrogens with one attached hydrogen (secondary N) is 2. The van der Waals surface area contributed by atoms with Crippen molar-refractivity contribution < 1.29 is 9.53 Å². The zero-order valence-corrected chi connectivity index (χ0v) is 7.30. The first-order chi connectivity index (χ1) is 5.88. The summed E-state index contributed by atoms with van der Waals surface area (Å²) in [6.07, 6.45) is 1.89. The monoisotopic (exact) mass is 171 g/mol. The predicted octanol–water partition coefficient (Wildman–Crippen LogP) is -0.937. The molecule has 0 amide bonds. The second-order valence-corrected chi connectivity index (χ2v) is 2.77. The summed E-state index contributed by atoms with van der Waals surface area (Å²) >= 11 is 0. The second kappa shape index (κ2) is 5.24. The summed E-state index contributed by atoms with van der Waals surface area (Å²) in [6.45, 7) is 5.00. The maximum Gasteiger partial charge on any atom is 0.219 e. The molecule has 1 aliphatic heterocycles. The van der Waals surface area contributed by atoms with Gasteiger partial charge in [0.05, 0.1) is 12.7 Å². The van der Waals surface area contributed by atoms with Gasteiger partial charge in [-0.25, -0.2) is 0 Å². The van der Waals surface area contributed by atoms with Crippen LogP contribution >= 0.6 is 0 Å². The van der Waals surface area contributed by atoms with Crippen LogP contribution in [0.15, 0.2) is 0 Å². The van der Waals surface area contributed by atoms with Crippen molar-refractivity contribution in [2.24, 2.45) is 0 Å². The van der Waals surface area contributed by atoms with Gasteiger partial charge in [-0.1, -0.05) is 6.92 Å². The molecule has 1 heterocycles. The Kier molecular flexibility index (Phi) is 4.21. The first-order valence-corrected chi connectivity index (χ1v) is 4.32. The minimum Gasteiger partial charge on any atom is -0.373 e. The lowest BCUT2D eigenvalue weighted by Crippen LogP contribution is -2.51. The van der Waals surface area contributed by atoms with Crippen LogP contribution < -0.4 is 10.6 Å². The highest BCUT2D eigenvalue weighted by Crippen LogP contribution is 2.00. The van der Waals surface area contributed by atoms with Gasteiger partial charge in [0.25, 0.3) is 0 Å². The smallest absolute Gasteiger partial charge is 0.219 e. The highest BCUT2D eigenvalue weighted by atomic mass is 16.5. The Labute approximate surface area is 72.7 Å². The van der Waals surface area contributed by atoms with Crippen molar-refractivity contribution in [3.8, 4) is 0 Å². The van der Waals surface area contributed by atoms with Crippen molar-refractivity contribution >= 4 is 6.29 Å². The highest BCUT2D eigenvalue weighted by Gasteiger charge is 2.23. The summed E-state index contributed by atoms with van der Waals surface area (Å²) in [5.74, 6) is 0. The van der Waals surface area contributed by atoms with Crippen LogP contribution in [0, 0.1) is 0 Å². The highest BCUT2D eigenvalue weighted by molar-refractivity contribution is 5.59. The Balaban J connectivity index is 2.34. The van der Waals surface area contributed by atoms with Gasteiger partial charge in [0.2, 0.25) is 6.29 Å². The Morgan fingerprint density at radius 2 is 2.67 bits per heavy atom. The molecule has 0 saturated carbocycles. The molecular formula is C8H15N2O2. The van der Waals surface area contributed by atoms with Crippen molar-refractivity contribution in [1.29, 1.82) is 0 Å². The maximum atomic E-state index is 10.5. The van der Waals surface area contributed by atoms with Crippen LogP contribution in [0.25, 0.3) is 0 Å². The summed E-state index contributed by atoms with van der Waals surface area (Å²) in [5, 5.41) is 6.18. The minimum absolute atomic E-state index is 0.0591. The quantitative estimate of drug-likeness (QED) is 0.573. The van der Waals surface area contributed by atoms with Gasteiger partial charge in [0, 0.05) is 13.1 Å². The molecule has 0 aromatic rings. The van der Waals surface area contributed by atoms with Crippen molar-refractivity contribution in [1.82, 2.24) is 10.6 Å². The van der Waals surface area contributed by atoms with Gasteiger partial charge in [0.15, 0.2) is 0 Å². The van der Waals surface area contributed by atoms with E-state index in [1.165, 1.54) is 0 Å². The first kappa shape index (κ1) is 9.64. The van der Waals surface area contributed by atoms with E-state index in [0.717, 1.165) is 19.6 Å². The lowest BCUT2D eigenvalue weighted by molar-refractivity contribution is 0.0180. The first-order valence-electron chi connectivity index (χ1n) is 4.32. The molecular weight excluding hydrogens is 156 g/mol. The molecule has 2 unspecified atom stereocenters. The molecule has 0 spiro atoms. The summed E-state index contributed by atoms with van der Waals surface area (Å²) in [7, 11) is 0. The van der Waals surface area contributed by atoms with E-state index in [2.05, 4.69) is 10.6 Å². The van der Waals surface area contributed by atoms with Gasteiger partial charge >= 0.3 is 0 Å². The van der Waals surface area contributed by atoms with Crippen LogP contribution in [0.4, 0.5) is 0 Å². The van der Waals surface area contributed by atoms with Gasteiger partial charge in [-0.2, -0.15) is 0 Å². The standard InChI is InChI=1S/C8H15N2O2/c1-2-10-7(6-11)8-5-9-3-4-12-8/h7-10H,2-5H2,1H3. The molecule has 2 N–H and O–H groups in total. The molecule has 1 rings (SSSR count). The van der Waals surface area contributed by atoms with Gasteiger partial charge in [-0.3, -0.25) is 4.79 Å². The van der Waals surface area contributed by atoms with Gasteiger partial charge in [-0.15, -0.1) is 0 Å². The zero-order chi connectivity index (χ0) is 8.81.